The number of benzene rings is 1. The molecule has 0 amide bonds. The van der Waals surface area contributed by atoms with Crippen molar-refractivity contribution >= 4 is 0 Å². The Morgan fingerprint density at radius 2 is 1.77 bits per heavy atom. The van der Waals surface area contributed by atoms with Crippen molar-refractivity contribution in [3.63, 3.8) is 0 Å². The largest absolute Gasteiger partial charge is 0.317 e. The monoisotopic (exact) mass is 180 g/mol. The summed E-state index contributed by atoms with van der Waals surface area (Å²) in [4.78, 5) is 5.76. The van der Waals surface area contributed by atoms with E-state index in [1.807, 2.05) is 18.2 Å². The van der Waals surface area contributed by atoms with Gasteiger partial charge in [0, 0.05) is 0 Å². The Bertz CT molecular complexity index is 256. The van der Waals surface area contributed by atoms with Crippen LogP contribution in [0.5, 0.6) is 5.75 Å². The number of hydrogen-bond donors (Lipinski definition) is 1. The molecule has 1 rings (SSSR count). The Balaban J connectivity index is 2.67. The van der Waals surface area contributed by atoms with E-state index in [0.717, 1.165) is 23.9 Å². The van der Waals surface area contributed by atoms with Crippen LogP contribution in [-0.2, 0) is 0 Å². The van der Waals surface area contributed by atoms with Crippen molar-refractivity contribution < 1.29 is 9.90 Å². The number of para-hydroxylation sites is 1. The van der Waals surface area contributed by atoms with E-state index in [1.165, 1.54) is 5.56 Å². The molecule has 0 fully saturated rings. The van der Waals surface area contributed by atoms with E-state index in [2.05, 4.69) is 26.8 Å². The van der Waals surface area contributed by atoms with Crippen LogP contribution in [0.3, 0.4) is 0 Å². The van der Waals surface area contributed by atoms with Crippen LogP contribution < -0.4 is 9.90 Å². The normalized spacial score (nSPS) is 10.5. The maximum absolute atomic E-state index is 5.76. The first kappa shape index (κ1) is 10.1. The minimum Gasteiger partial charge on any atom is -0.317 e. The Kier molecular flexibility index (Phi) is 3.77. The average molecular weight is 180 g/mol. The van der Waals surface area contributed by atoms with Gasteiger partial charge in [-0.3, -0.25) is 0 Å². The quantitative estimate of drug-likeness (QED) is 0.688. The first-order valence-corrected chi connectivity index (χ1v) is 4.86. The molecule has 2 heteroatoms. The van der Waals surface area contributed by atoms with E-state index >= 15 is 0 Å². The summed E-state index contributed by atoms with van der Waals surface area (Å²) >= 11 is 0. The molecular formula is C11H18NO+. The fourth-order valence-electron chi connectivity index (χ4n) is 1.22. The third-order valence-electron chi connectivity index (χ3n) is 2.14. The summed E-state index contributed by atoms with van der Waals surface area (Å²) in [6.45, 7) is 8.29. The summed E-state index contributed by atoms with van der Waals surface area (Å²) in [5, 5.41) is 1.15. The summed E-state index contributed by atoms with van der Waals surface area (Å²) in [5.41, 5.74) is 1.20. The fourth-order valence-corrected chi connectivity index (χ4v) is 1.22. The van der Waals surface area contributed by atoms with Gasteiger partial charge in [-0.15, -0.1) is 5.06 Å². The maximum atomic E-state index is 5.76. The zero-order valence-electron chi connectivity index (χ0n) is 8.63. The lowest BCUT2D eigenvalue weighted by atomic mass is 10.2. The molecule has 0 heterocycles. The van der Waals surface area contributed by atoms with Crippen molar-refractivity contribution in [3.05, 3.63) is 29.8 Å². The summed E-state index contributed by atoms with van der Waals surface area (Å²) < 4.78 is 0. The second kappa shape index (κ2) is 4.87. The molecule has 1 N–H and O–H groups in total. The number of aryl methyl sites for hydroxylation is 1. The summed E-state index contributed by atoms with van der Waals surface area (Å²) in [5.74, 6) is 0.987. The zero-order chi connectivity index (χ0) is 9.68. The van der Waals surface area contributed by atoms with Gasteiger partial charge in [-0.1, -0.05) is 18.2 Å². The lowest BCUT2D eigenvalue weighted by molar-refractivity contribution is -1.06. The van der Waals surface area contributed by atoms with Gasteiger partial charge < -0.3 is 4.84 Å². The maximum Gasteiger partial charge on any atom is 0.192 e. The van der Waals surface area contributed by atoms with E-state index in [9.17, 15) is 0 Å². The van der Waals surface area contributed by atoms with Crippen molar-refractivity contribution in [1.82, 2.24) is 0 Å². The second-order valence-electron chi connectivity index (χ2n) is 3.11. The molecule has 13 heavy (non-hydrogen) atoms. The minimum atomic E-state index is 0.987. The van der Waals surface area contributed by atoms with Crippen LogP contribution >= 0.6 is 0 Å². The van der Waals surface area contributed by atoms with Crippen molar-refractivity contribution in [2.75, 3.05) is 13.1 Å². The predicted molar refractivity (Wildman–Crippen MR) is 53.9 cm³/mol. The molecule has 72 valence electrons. The number of rotatable bonds is 4. The van der Waals surface area contributed by atoms with Crippen LogP contribution in [0.2, 0.25) is 0 Å². The second-order valence-corrected chi connectivity index (χ2v) is 3.11. The van der Waals surface area contributed by atoms with Crippen molar-refractivity contribution in [2.24, 2.45) is 0 Å². The molecule has 0 saturated heterocycles. The van der Waals surface area contributed by atoms with Gasteiger partial charge >= 0.3 is 0 Å². The molecule has 0 spiro atoms. The molecular weight excluding hydrogens is 162 g/mol. The van der Waals surface area contributed by atoms with Crippen LogP contribution in [0.15, 0.2) is 24.3 Å². The van der Waals surface area contributed by atoms with Crippen molar-refractivity contribution in [2.45, 2.75) is 20.8 Å². The van der Waals surface area contributed by atoms with Crippen LogP contribution in [-0.4, -0.2) is 13.1 Å². The Morgan fingerprint density at radius 1 is 1.15 bits per heavy atom. The van der Waals surface area contributed by atoms with Gasteiger partial charge in [0.25, 0.3) is 0 Å². The van der Waals surface area contributed by atoms with E-state index in [-0.39, 0.29) is 0 Å². The van der Waals surface area contributed by atoms with Crippen LogP contribution in [0.4, 0.5) is 0 Å². The molecule has 0 aliphatic carbocycles. The van der Waals surface area contributed by atoms with E-state index in [1.54, 1.807) is 0 Å². The minimum absolute atomic E-state index is 0.987. The van der Waals surface area contributed by atoms with Crippen molar-refractivity contribution in [1.29, 1.82) is 0 Å². The summed E-state index contributed by atoms with van der Waals surface area (Å²) in [6.07, 6.45) is 0. The summed E-state index contributed by atoms with van der Waals surface area (Å²) in [6, 6.07) is 8.12. The third kappa shape index (κ3) is 2.74. The molecule has 1 aromatic carbocycles. The van der Waals surface area contributed by atoms with Crippen LogP contribution in [0.25, 0.3) is 0 Å². The van der Waals surface area contributed by atoms with Gasteiger partial charge in [-0.2, -0.15) is 0 Å². The first-order chi connectivity index (χ1) is 6.27. The average Bonchev–Trinajstić information content (AvgIpc) is 2.17. The Hall–Kier alpha value is -1.02. The van der Waals surface area contributed by atoms with Gasteiger partial charge in [0.1, 0.15) is 13.1 Å². The molecule has 0 atom stereocenters. The standard InChI is InChI=1S/C11H17NO/c1-4-12(5-2)13-11-9-7-6-8-10(11)3/h6-9H,4-5H2,1-3H3/p+1. The van der Waals surface area contributed by atoms with Gasteiger partial charge in [0.05, 0.1) is 0 Å². The number of nitrogens with one attached hydrogen (secondary N) is 1. The Labute approximate surface area is 80.1 Å². The predicted octanol–water partition coefficient (Wildman–Crippen LogP) is 1.21. The SMILES string of the molecule is CC[NH+](CC)Oc1ccccc1C. The van der Waals surface area contributed by atoms with E-state index < -0.39 is 0 Å². The lowest BCUT2D eigenvalue weighted by Gasteiger charge is -2.15. The third-order valence-corrected chi connectivity index (χ3v) is 2.14. The lowest BCUT2D eigenvalue weighted by Crippen LogP contribution is -3.13. The van der Waals surface area contributed by atoms with Crippen LogP contribution in [0.1, 0.15) is 19.4 Å². The zero-order valence-corrected chi connectivity index (χ0v) is 8.63. The van der Waals surface area contributed by atoms with E-state index in [4.69, 9.17) is 4.84 Å². The van der Waals surface area contributed by atoms with Gasteiger partial charge in [0.15, 0.2) is 5.75 Å². The molecule has 0 aliphatic heterocycles. The number of hydrogen-bond acceptors (Lipinski definition) is 1. The highest BCUT2D eigenvalue weighted by atomic mass is 16.7. The molecule has 0 aromatic heterocycles. The highest BCUT2D eigenvalue weighted by Crippen LogP contribution is 2.13. The van der Waals surface area contributed by atoms with Crippen molar-refractivity contribution in [3.8, 4) is 5.75 Å². The highest BCUT2D eigenvalue weighted by molar-refractivity contribution is 5.30. The van der Waals surface area contributed by atoms with Gasteiger partial charge in [-0.05, 0) is 32.4 Å². The number of quaternary nitrogens is 1. The first-order valence-electron chi connectivity index (χ1n) is 4.86. The molecule has 0 unspecified atom stereocenters. The topological polar surface area (TPSA) is 13.7 Å². The fraction of sp³-hybridized carbons (Fsp3) is 0.455. The molecule has 0 saturated carbocycles. The molecule has 0 bridgehead atoms. The van der Waals surface area contributed by atoms with Crippen LogP contribution in [0, 0.1) is 6.92 Å². The molecule has 0 aliphatic rings. The molecule has 0 radical (unpaired) electrons. The highest BCUT2D eigenvalue weighted by Gasteiger charge is 2.06. The smallest absolute Gasteiger partial charge is 0.192 e. The number of hydroxylamine groups is 2. The van der Waals surface area contributed by atoms with Gasteiger partial charge in [0.2, 0.25) is 0 Å². The van der Waals surface area contributed by atoms with Gasteiger partial charge in [-0.25, -0.2) is 0 Å². The molecule has 2 nitrogen and oxygen atoms in total. The summed E-state index contributed by atoms with van der Waals surface area (Å²) in [7, 11) is 0. The molecule has 1 aromatic rings. The van der Waals surface area contributed by atoms with E-state index in [0.29, 0.717) is 0 Å². The Morgan fingerprint density at radius 3 is 2.31 bits per heavy atom.